The standard InChI is InChI=1S/C20H24O2S6/c21-7-13-9-25-19(27-13)11-23-17-5-6-18(16-4-2-1-3-15(16)17)24-12-20-26-10-14(8-22)28-20/h1-6,13-14,19-22H,7-12H2. The van der Waals surface area contributed by atoms with E-state index >= 15 is 0 Å². The van der Waals surface area contributed by atoms with Crippen molar-refractivity contribution in [1.29, 1.82) is 0 Å². The molecule has 0 saturated carbocycles. The monoisotopic (exact) mass is 488 g/mol. The molecule has 4 unspecified atom stereocenters. The van der Waals surface area contributed by atoms with E-state index < -0.39 is 0 Å². The summed E-state index contributed by atoms with van der Waals surface area (Å²) in [7, 11) is 0. The maximum Gasteiger partial charge on any atom is 0.0600 e. The molecule has 0 aromatic heterocycles. The van der Waals surface area contributed by atoms with Crippen LogP contribution < -0.4 is 0 Å². The van der Waals surface area contributed by atoms with E-state index in [1.54, 1.807) is 0 Å². The zero-order valence-electron chi connectivity index (χ0n) is 15.4. The van der Waals surface area contributed by atoms with Crippen LogP contribution in [0.2, 0.25) is 0 Å². The molecule has 2 aromatic carbocycles. The van der Waals surface area contributed by atoms with E-state index in [-0.39, 0.29) is 0 Å². The zero-order valence-corrected chi connectivity index (χ0v) is 20.3. The lowest BCUT2D eigenvalue weighted by Gasteiger charge is -2.14. The topological polar surface area (TPSA) is 40.5 Å². The highest BCUT2D eigenvalue weighted by atomic mass is 32.2. The smallest absolute Gasteiger partial charge is 0.0600 e. The number of benzene rings is 2. The fourth-order valence-corrected chi connectivity index (χ4v) is 12.3. The Bertz CT molecular complexity index is 724. The van der Waals surface area contributed by atoms with Crippen LogP contribution >= 0.6 is 70.6 Å². The van der Waals surface area contributed by atoms with Crippen LogP contribution in [-0.2, 0) is 0 Å². The third-order valence-corrected chi connectivity index (χ3v) is 14.3. The number of aliphatic hydroxyl groups excluding tert-OH is 2. The lowest BCUT2D eigenvalue weighted by Crippen LogP contribution is -2.06. The first-order chi connectivity index (χ1) is 13.8. The maximum atomic E-state index is 9.34. The first kappa shape index (κ1) is 21.9. The van der Waals surface area contributed by atoms with Crippen molar-refractivity contribution in [3.05, 3.63) is 36.4 Å². The summed E-state index contributed by atoms with van der Waals surface area (Å²) in [4.78, 5) is 2.72. The van der Waals surface area contributed by atoms with Crippen LogP contribution in [0.15, 0.2) is 46.2 Å². The second-order valence-electron chi connectivity index (χ2n) is 6.64. The molecule has 0 spiro atoms. The van der Waals surface area contributed by atoms with Crippen molar-refractivity contribution < 1.29 is 10.2 Å². The first-order valence-electron chi connectivity index (χ1n) is 9.30. The van der Waals surface area contributed by atoms with E-state index in [2.05, 4.69) is 36.4 Å². The van der Waals surface area contributed by atoms with Crippen molar-refractivity contribution in [2.75, 3.05) is 36.2 Å². The van der Waals surface area contributed by atoms with Crippen molar-refractivity contribution >= 4 is 81.3 Å². The van der Waals surface area contributed by atoms with Gasteiger partial charge in [-0.2, -0.15) is 0 Å². The van der Waals surface area contributed by atoms with Gasteiger partial charge in [-0.1, -0.05) is 24.3 Å². The average molecular weight is 489 g/mol. The van der Waals surface area contributed by atoms with Gasteiger partial charge in [0.1, 0.15) is 0 Å². The maximum absolute atomic E-state index is 9.34. The van der Waals surface area contributed by atoms with E-state index in [9.17, 15) is 10.2 Å². The van der Waals surface area contributed by atoms with Gasteiger partial charge in [-0.15, -0.1) is 70.6 Å². The van der Waals surface area contributed by atoms with Crippen molar-refractivity contribution in [2.24, 2.45) is 0 Å². The van der Waals surface area contributed by atoms with Gasteiger partial charge in [-0.3, -0.25) is 0 Å². The van der Waals surface area contributed by atoms with Crippen LogP contribution in [0.1, 0.15) is 0 Å². The third-order valence-electron chi connectivity index (χ3n) is 4.63. The molecule has 2 aliphatic rings. The molecule has 4 atom stereocenters. The summed E-state index contributed by atoms with van der Waals surface area (Å²) in [5.41, 5.74) is 0. The molecule has 8 heteroatoms. The van der Waals surface area contributed by atoms with E-state index in [0.29, 0.717) is 32.9 Å². The number of hydrogen-bond donors (Lipinski definition) is 2. The Morgan fingerprint density at radius 1 is 0.750 bits per heavy atom. The van der Waals surface area contributed by atoms with Crippen LogP contribution in [0, 0.1) is 0 Å². The van der Waals surface area contributed by atoms with Crippen LogP contribution in [-0.4, -0.2) is 66.1 Å². The van der Waals surface area contributed by atoms with Crippen molar-refractivity contribution in [3.8, 4) is 0 Å². The quantitative estimate of drug-likeness (QED) is 0.482. The Morgan fingerprint density at radius 2 is 1.21 bits per heavy atom. The van der Waals surface area contributed by atoms with Crippen LogP contribution in [0.4, 0.5) is 0 Å². The molecule has 28 heavy (non-hydrogen) atoms. The normalized spacial score (nSPS) is 27.6. The summed E-state index contributed by atoms with van der Waals surface area (Å²) in [5.74, 6) is 4.30. The molecule has 0 radical (unpaired) electrons. The molecule has 2 nitrogen and oxygen atoms in total. The van der Waals surface area contributed by atoms with Gasteiger partial charge < -0.3 is 10.2 Å². The Morgan fingerprint density at radius 3 is 1.61 bits per heavy atom. The number of fused-ring (bicyclic) bond motifs is 1. The highest BCUT2D eigenvalue weighted by Gasteiger charge is 2.26. The summed E-state index contributed by atoms with van der Waals surface area (Å²) in [6, 6.07) is 13.3. The van der Waals surface area contributed by atoms with E-state index in [1.165, 1.54) is 20.6 Å². The van der Waals surface area contributed by atoms with Gasteiger partial charge in [0.05, 0.1) is 22.4 Å². The van der Waals surface area contributed by atoms with Crippen LogP contribution in [0.3, 0.4) is 0 Å². The van der Waals surface area contributed by atoms with E-state index in [0.717, 1.165) is 23.0 Å². The molecule has 0 bridgehead atoms. The molecule has 0 amide bonds. The van der Waals surface area contributed by atoms with Gasteiger partial charge in [0.2, 0.25) is 0 Å². The predicted molar refractivity (Wildman–Crippen MR) is 135 cm³/mol. The molecule has 2 aromatic rings. The summed E-state index contributed by atoms with van der Waals surface area (Å²) in [5, 5.41) is 22.2. The lowest BCUT2D eigenvalue weighted by molar-refractivity contribution is 0.301. The van der Waals surface area contributed by atoms with Crippen molar-refractivity contribution in [1.82, 2.24) is 0 Å². The molecule has 4 rings (SSSR count). The van der Waals surface area contributed by atoms with Crippen molar-refractivity contribution in [3.63, 3.8) is 0 Å². The molecule has 2 heterocycles. The Balaban J connectivity index is 1.41. The van der Waals surface area contributed by atoms with Gasteiger partial charge >= 0.3 is 0 Å². The third kappa shape index (κ3) is 5.49. The predicted octanol–water partition coefficient (Wildman–Crippen LogP) is 5.36. The molecule has 2 aliphatic heterocycles. The van der Waals surface area contributed by atoms with E-state index in [4.69, 9.17) is 0 Å². The fraction of sp³-hybridized carbons (Fsp3) is 0.500. The minimum Gasteiger partial charge on any atom is -0.395 e. The second kappa shape index (κ2) is 10.8. The van der Waals surface area contributed by atoms with Gasteiger partial charge in [-0.25, -0.2) is 0 Å². The summed E-state index contributed by atoms with van der Waals surface area (Å²) in [6.45, 7) is 0.592. The van der Waals surface area contributed by atoms with Gasteiger partial charge in [0, 0.05) is 43.3 Å². The number of thioether (sulfide) groups is 6. The number of hydrogen-bond acceptors (Lipinski definition) is 8. The molecule has 2 N–H and O–H groups in total. The lowest BCUT2D eigenvalue weighted by atomic mass is 10.1. The SMILES string of the molecule is OCC1CSC(CSc2ccc(SCC3SCC(CO)S3)c3ccccc23)S1. The average Bonchev–Trinajstić information content (AvgIpc) is 3.40. The summed E-state index contributed by atoms with van der Waals surface area (Å²) >= 11 is 11.7. The second-order valence-corrected chi connectivity index (χ2v) is 14.8. The highest BCUT2D eigenvalue weighted by molar-refractivity contribution is 8.22. The van der Waals surface area contributed by atoms with Crippen LogP contribution in [0.25, 0.3) is 10.8 Å². The minimum absolute atomic E-state index is 0.296. The van der Waals surface area contributed by atoms with Crippen LogP contribution in [0.5, 0.6) is 0 Å². The Hall–Kier alpha value is 0.720. The van der Waals surface area contributed by atoms with Gasteiger partial charge in [0.25, 0.3) is 0 Å². The number of aliphatic hydroxyl groups is 2. The molecule has 152 valence electrons. The zero-order chi connectivity index (χ0) is 19.3. The molecule has 2 saturated heterocycles. The molecular weight excluding hydrogens is 465 g/mol. The molecule has 2 fully saturated rings. The fourth-order valence-electron chi connectivity index (χ4n) is 3.19. The molecular formula is C20H24O2S6. The van der Waals surface area contributed by atoms with Gasteiger partial charge in [-0.05, 0) is 22.9 Å². The Kier molecular flexibility index (Phi) is 8.49. The summed E-state index contributed by atoms with van der Waals surface area (Å²) < 4.78 is 1.15. The minimum atomic E-state index is 0.296. The Labute approximate surface area is 192 Å². The highest BCUT2D eigenvalue weighted by Crippen LogP contribution is 2.44. The molecule has 0 aliphatic carbocycles. The van der Waals surface area contributed by atoms with E-state index in [1.807, 2.05) is 70.6 Å². The van der Waals surface area contributed by atoms with Crippen molar-refractivity contribution in [2.45, 2.75) is 29.5 Å². The summed E-state index contributed by atoms with van der Waals surface area (Å²) in [6.07, 6.45) is 0. The number of rotatable bonds is 8. The first-order valence-corrected chi connectivity index (χ1v) is 15.3. The largest absolute Gasteiger partial charge is 0.395 e. The van der Waals surface area contributed by atoms with Gasteiger partial charge in [0.15, 0.2) is 0 Å².